The van der Waals surface area contributed by atoms with Crippen LogP contribution in [0.15, 0.2) is 18.2 Å². The van der Waals surface area contributed by atoms with Gasteiger partial charge in [0.05, 0.1) is 11.0 Å². The average Bonchev–Trinajstić information content (AvgIpc) is 2.73. The molecule has 0 fully saturated rings. The van der Waals surface area contributed by atoms with Crippen molar-refractivity contribution < 1.29 is 4.74 Å². The first-order valence-electron chi connectivity index (χ1n) is 6.54. The van der Waals surface area contributed by atoms with Crippen LogP contribution in [0.4, 0.5) is 0 Å². The van der Waals surface area contributed by atoms with Gasteiger partial charge in [-0.05, 0) is 31.5 Å². The molecular formula is C14H18Cl2N2O. The summed E-state index contributed by atoms with van der Waals surface area (Å²) in [7, 11) is 0. The number of fused-ring (bicyclic) bond motifs is 1. The fourth-order valence-corrected chi connectivity index (χ4v) is 2.48. The van der Waals surface area contributed by atoms with E-state index in [1.54, 1.807) is 0 Å². The lowest BCUT2D eigenvalue weighted by Crippen LogP contribution is -2.07. The van der Waals surface area contributed by atoms with Crippen molar-refractivity contribution >= 4 is 34.2 Å². The molecule has 1 aromatic heterocycles. The van der Waals surface area contributed by atoms with Crippen molar-refractivity contribution in [2.75, 3.05) is 19.1 Å². The van der Waals surface area contributed by atoms with Crippen LogP contribution in [0.1, 0.15) is 19.2 Å². The maximum absolute atomic E-state index is 6.07. The number of ether oxygens (including phenoxy) is 1. The van der Waals surface area contributed by atoms with E-state index in [0.29, 0.717) is 5.88 Å². The number of hydrogen-bond donors (Lipinski definition) is 0. The first-order chi connectivity index (χ1) is 9.26. The van der Waals surface area contributed by atoms with Crippen LogP contribution >= 0.6 is 23.2 Å². The third-order valence-corrected chi connectivity index (χ3v) is 3.41. The zero-order valence-electron chi connectivity index (χ0n) is 11.0. The topological polar surface area (TPSA) is 27.1 Å². The minimum Gasteiger partial charge on any atom is -0.382 e. The molecule has 0 N–H and O–H groups in total. The number of benzene rings is 1. The SMILES string of the molecule is CCOCCCn1c(CCCl)nc2ccc(Cl)cc21. The summed E-state index contributed by atoms with van der Waals surface area (Å²) < 4.78 is 7.58. The van der Waals surface area contributed by atoms with Gasteiger partial charge in [-0.3, -0.25) is 0 Å². The van der Waals surface area contributed by atoms with Crippen LogP contribution < -0.4 is 0 Å². The Kier molecular flexibility index (Phi) is 5.49. The van der Waals surface area contributed by atoms with E-state index in [0.717, 1.165) is 54.5 Å². The molecule has 0 saturated heterocycles. The first kappa shape index (κ1) is 14.6. The van der Waals surface area contributed by atoms with Crippen LogP contribution in [-0.4, -0.2) is 28.6 Å². The number of nitrogens with zero attached hydrogens (tertiary/aromatic N) is 2. The van der Waals surface area contributed by atoms with Gasteiger partial charge in [0.25, 0.3) is 0 Å². The van der Waals surface area contributed by atoms with E-state index >= 15 is 0 Å². The molecule has 1 heterocycles. The number of halogens is 2. The third-order valence-electron chi connectivity index (χ3n) is 2.98. The number of imidazole rings is 1. The molecule has 3 nitrogen and oxygen atoms in total. The van der Waals surface area contributed by atoms with Crippen LogP contribution in [0.25, 0.3) is 11.0 Å². The van der Waals surface area contributed by atoms with Gasteiger partial charge in [0, 0.05) is 37.1 Å². The quantitative estimate of drug-likeness (QED) is 0.573. The second-order valence-electron chi connectivity index (χ2n) is 4.30. The highest BCUT2D eigenvalue weighted by Crippen LogP contribution is 2.21. The average molecular weight is 301 g/mol. The van der Waals surface area contributed by atoms with Crippen LogP contribution in [0.3, 0.4) is 0 Å². The monoisotopic (exact) mass is 300 g/mol. The fourth-order valence-electron chi connectivity index (χ4n) is 2.14. The van der Waals surface area contributed by atoms with E-state index in [1.165, 1.54) is 0 Å². The van der Waals surface area contributed by atoms with E-state index in [-0.39, 0.29) is 0 Å². The van der Waals surface area contributed by atoms with Gasteiger partial charge in [0.1, 0.15) is 5.82 Å². The maximum atomic E-state index is 6.07. The normalized spacial score (nSPS) is 11.3. The summed E-state index contributed by atoms with van der Waals surface area (Å²) in [5.41, 5.74) is 2.05. The maximum Gasteiger partial charge on any atom is 0.111 e. The molecule has 0 aliphatic heterocycles. The summed E-state index contributed by atoms with van der Waals surface area (Å²) in [5.74, 6) is 1.59. The van der Waals surface area contributed by atoms with Gasteiger partial charge in [-0.15, -0.1) is 11.6 Å². The Balaban J connectivity index is 2.25. The molecular weight excluding hydrogens is 283 g/mol. The standard InChI is InChI=1S/C14H18Cl2N2O/c1-2-19-9-3-8-18-13-10-11(16)4-5-12(13)17-14(18)6-7-15/h4-5,10H,2-3,6-9H2,1H3. The van der Waals surface area contributed by atoms with Gasteiger partial charge in [-0.1, -0.05) is 11.6 Å². The van der Waals surface area contributed by atoms with Gasteiger partial charge in [0.2, 0.25) is 0 Å². The van der Waals surface area contributed by atoms with Gasteiger partial charge in [-0.2, -0.15) is 0 Å². The predicted octanol–water partition coefficient (Wildman–Crippen LogP) is 3.90. The molecule has 0 bridgehead atoms. The van der Waals surface area contributed by atoms with E-state index in [4.69, 9.17) is 27.9 Å². The van der Waals surface area contributed by atoms with E-state index in [2.05, 4.69) is 9.55 Å². The molecule has 2 rings (SSSR count). The lowest BCUT2D eigenvalue weighted by atomic mass is 10.3. The van der Waals surface area contributed by atoms with Crippen LogP contribution in [-0.2, 0) is 17.7 Å². The number of aromatic nitrogens is 2. The summed E-state index contributed by atoms with van der Waals surface area (Å²) in [6.45, 7) is 4.40. The Labute approximate surface area is 123 Å². The van der Waals surface area contributed by atoms with Crippen molar-refractivity contribution in [1.82, 2.24) is 9.55 Å². The van der Waals surface area contributed by atoms with E-state index in [9.17, 15) is 0 Å². The first-order valence-corrected chi connectivity index (χ1v) is 7.46. The summed E-state index contributed by atoms with van der Waals surface area (Å²) in [6.07, 6.45) is 1.73. The second-order valence-corrected chi connectivity index (χ2v) is 5.12. The zero-order chi connectivity index (χ0) is 13.7. The Morgan fingerprint density at radius 3 is 2.95 bits per heavy atom. The summed E-state index contributed by atoms with van der Waals surface area (Å²) in [4.78, 5) is 4.62. The van der Waals surface area contributed by atoms with Gasteiger partial charge >= 0.3 is 0 Å². The molecule has 0 spiro atoms. The molecule has 0 saturated carbocycles. The van der Waals surface area contributed by atoms with Crippen molar-refractivity contribution in [1.29, 1.82) is 0 Å². The zero-order valence-corrected chi connectivity index (χ0v) is 12.5. The van der Waals surface area contributed by atoms with Crippen LogP contribution in [0, 0.1) is 0 Å². The van der Waals surface area contributed by atoms with Crippen molar-refractivity contribution in [2.45, 2.75) is 26.3 Å². The fraction of sp³-hybridized carbons (Fsp3) is 0.500. The minimum absolute atomic E-state index is 0.572. The van der Waals surface area contributed by atoms with Crippen molar-refractivity contribution in [3.05, 3.63) is 29.0 Å². The van der Waals surface area contributed by atoms with Crippen LogP contribution in [0.5, 0.6) is 0 Å². The van der Waals surface area contributed by atoms with Crippen molar-refractivity contribution in [2.24, 2.45) is 0 Å². The molecule has 0 amide bonds. The molecule has 104 valence electrons. The number of hydrogen-bond acceptors (Lipinski definition) is 2. The lowest BCUT2D eigenvalue weighted by Gasteiger charge is -2.08. The molecule has 0 aliphatic carbocycles. The van der Waals surface area contributed by atoms with E-state index < -0.39 is 0 Å². The molecule has 0 aliphatic rings. The van der Waals surface area contributed by atoms with Gasteiger partial charge < -0.3 is 9.30 Å². The predicted molar refractivity (Wildman–Crippen MR) is 80.3 cm³/mol. The van der Waals surface area contributed by atoms with E-state index in [1.807, 2.05) is 25.1 Å². The Morgan fingerprint density at radius 2 is 2.21 bits per heavy atom. The van der Waals surface area contributed by atoms with Crippen molar-refractivity contribution in [3.8, 4) is 0 Å². The largest absolute Gasteiger partial charge is 0.382 e. The molecule has 19 heavy (non-hydrogen) atoms. The van der Waals surface area contributed by atoms with Crippen molar-refractivity contribution in [3.63, 3.8) is 0 Å². The third kappa shape index (κ3) is 3.62. The number of aryl methyl sites for hydroxylation is 2. The summed E-state index contributed by atoms with van der Waals surface area (Å²) in [6, 6.07) is 5.78. The molecule has 0 radical (unpaired) electrons. The second kappa shape index (κ2) is 7.13. The Morgan fingerprint density at radius 1 is 1.37 bits per heavy atom. The highest BCUT2D eigenvalue weighted by molar-refractivity contribution is 6.31. The smallest absolute Gasteiger partial charge is 0.111 e. The minimum atomic E-state index is 0.572. The van der Waals surface area contributed by atoms with Crippen LogP contribution in [0.2, 0.25) is 5.02 Å². The molecule has 0 unspecified atom stereocenters. The molecule has 2 aromatic rings. The summed E-state index contributed by atoms with van der Waals surface area (Å²) >= 11 is 11.9. The lowest BCUT2D eigenvalue weighted by molar-refractivity contribution is 0.141. The Bertz CT molecular complexity index is 539. The highest BCUT2D eigenvalue weighted by Gasteiger charge is 2.10. The summed E-state index contributed by atoms with van der Waals surface area (Å²) in [5, 5.41) is 0.732. The van der Waals surface area contributed by atoms with Gasteiger partial charge in [0.15, 0.2) is 0 Å². The Hall–Kier alpha value is -0.770. The molecule has 5 heteroatoms. The molecule has 0 atom stereocenters. The number of alkyl halides is 1. The van der Waals surface area contributed by atoms with Gasteiger partial charge in [-0.25, -0.2) is 4.98 Å². The molecule has 1 aromatic carbocycles. The number of rotatable bonds is 7. The highest BCUT2D eigenvalue weighted by atomic mass is 35.5.